The van der Waals surface area contributed by atoms with E-state index in [9.17, 15) is 18.0 Å². The fraction of sp³-hybridized carbons (Fsp3) is 0.462. The Hall–Kier alpha value is -1.56. The molecule has 6 heteroatoms. The Morgan fingerprint density at radius 1 is 1.42 bits per heavy atom. The van der Waals surface area contributed by atoms with Crippen LogP contribution in [-0.4, -0.2) is 23.7 Å². The van der Waals surface area contributed by atoms with Crippen LogP contribution in [0.3, 0.4) is 0 Å². The van der Waals surface area contributed by atoms with E-state index < -0.39 is 17.6 Å². The van der Waals surface area contributed by atoms with Gasteiger partial charge in [-0.1, -0.05) is 25.1 Å². The summed E-state index contributed by atoms with van der Waals surface area (Å²) in [6, 6.07) is 4.30. The van der Waals surface area contributed by atoms with E-state index in [0.717, 1.165) is 12.1 Å². The number of rotatable bonds is 5. The minimum atomic E-state index is -4.41. The molecule has 3 nitrogen and oxygen atoms in total. The number of hydrogen-bond donors (Lipinski definition) is 2. The Bertz CT molecular complexity index is 428. The Morgan fingerprint density at radius 3 is 2.63 bits per heavy atom. The summed E-state index contributed by atoms with van der Waals surface area (Å²) in [6.45, 7) is 1.61. The first-order valence-electron chi connectivity index (χ1n) is 5.93. The van der Waals surface area contributed by atoms with E-state index in [1.54, 1.807) is 6.92 Å². The number of carbonyl (C=O) groups is 1. The molecule has 1 rings (SSSR count). The second-order valence-corrected chi connectivity index (χ2v) is 4.23. The lowest BCUT2D eigenvalue weighted by Crippen LogP contribution is -2.37. The summed E-state index contributed by atoms with van der Waals surface area (Å²) in [5, 5.41) is 11.5. The predicted octanol–water partition coefficient (Wildman–Crippen LogP) is 2.13. The van der Waals surface area contributed by atoms with Crippen LogP contribution >= 0.6 is 0 Å². The molecule has 0 unspecified atom stereocenters. The molecule has 0 aliphatic rings. The highest BCUT2D eigenvalue weighted by molar-refractivity contribution is 5.78. The maximum Gasteiger partial charge on any atom is 0.416 e. The minimum absolute atomic E-state index is 0.138. The van der Waals surface area contributed by atoms with E-state index in [1.807, 2.05) is 0 Å². The third kappa shape index (κ3) is 4.90. The fourth-order valence-corrected chi connectivity index (χ4v) is 1.60. The molecular formula is C13H16F3NO2. The summed E-state index contributed by atoms with van der Waals surface area (Å²) in [4.78, 5) is 11.6. The fourth-order valence-electron chi connectivity index (χ4n) is 1.60. The van der Waals surface area contributed by atoms with Gasteiger partial charge >= 0.3 is 6.18 Å². The van der Waals surface area contributed by atoms with E-state index >= 15 is 0 Å². The quantitative estimate of drug-likeness (QED) is 0.865. The van der Waals surface area contributed by atoms with E-state index in [-0.39, 0.29) is 19.1 Å². The van der Waals surface area contributed by atoms with Gasteiger partial charge in [-0.05, 0) is 18.1 Å². The van der Waals surface area contributed by atoms with E-state index in [2.05, 4.69) is 5.32 Å². The van der Waals surface area contributed by atoms with Crippen LogP contribution in [0, 0.1) is 0 Å². The van der Waals surface area contributed by atoms with Crippen LogP contribution in [0.15, 0.2) is 24.3 Å². The highest BCUT2D eigenvalue weighted by Gasteiger charge is 2.30. The van der Waals surface area contributed by atoms with Crippen molar-refractivity contribution >= 4 is 5.91 Å². The zero-order chi connectivity index (χ0) is 14.5. The maximum atomic E-state index is 12.5. The number of hydrogen-bond acceptors (Lipinski definition) is 2. The lowest BCUT2D eigenvalue weighted by Gasteiger charge is -2.14. The number of nitrogens with one attached hydrogen (secondary N) is 1. The molecule has 2 N–H and O–H groups in total. The van der Waals surface area contributed by atoms with Gasteiger partial charge < -0.3 is 10.4 Å². The topological polar surface area (TPSA) is 49.3 Å². The molecule has 0 saturated heterocycles. The van der Waals surface area contributed by atoms with Crippen molar-refractivity contribution in [3.8, 4) is 0 Å². The summed E-state index contributed by atoms with van der Waals surface area (Å²) in [5.74, 6) is -0.403. The molecule has 0 spiro atoms. The number of aliphatic hydroxyl groups is 1. The summed E-state index contributed by atoms with van der Waals surface area (Å²) in [6.07, 6.45) is -3.99. The van der Waals surface area contributed by atoms with Crippen LogP contribution in [0.2, 0.25) is 0 Å². The van der Waals surface area contributed by atoms with Gasteiger partial charge in [0, 0.05) is 0 Å². The number of benzene rings is 1. The van der Waals surface area contributed by atoms with Crippen molar-refractivity contribution in [2.45, 2.75) is 32.0 Å². The largest absolute Gasteiger partial charge is 0.416 e. The van der Waals surface area contributed by atoms with Crippen LogP contribution in [0.1, 0.15) is 24.5 Å². The number of alkyl halides is 3. The SMILES string of the molecule is CC[C@@H](CO)NC(=O)Cc1cccc(C(F)(F)F)c1. The van der Waals surface area contributed by atoms with Crippen molar-refractivity contribution < 1.29 is 23.1 Å². The predicted molar refractivity (Wildman–Crippen MR) is 64.5 cm³/mol. The summed E-state index contributed by atoms with van der Waals surface area (Å²) >= 11 is 0. The Balaban J connectivity index is 2.70. The number of amides is 1. The molecule has 0 radical (unpaired) electrons. The molecule has 0 aliphatic carbocycles. The highest BCUT2D eigenvalue weighted by Crippen LogP contribution is 2.29. The van der Waals surface area contributed by atoms with E-state index in [0.29, 0.717) is 12.0 Å². The molecule has 106 valence electrons. The molecule has 0 bridgehead atoms. The van der Waals surface area contributed by atoms with Gasteiger partial charge in [0.25, 0.3) is 0 Å². The smallest absolute Gasteiger partial charge is 0.394 e. The molecular weight excluding hydrogens is 259 g/mol. The van der Waals surface area contributed by atoms with Crippen LogP contribution in [0.25, 0.3) is 0 Å². The lowest BCUT2D eigenvalue weighted by molar-refractivity contribution is -0.137. The van der Waals surface area contributed by atoms with Gasteiger partial charge in [-0.15, -0.1) is 0 Å². The van der Waals surface area contributed by atoms with Gasteiger partial charge in [-0.2, -0.15) is 13.2 Å². The molecule has 0 fully saturated rings. The summed E-state index contributed by atoms with van der Waals surface area (Å²) in [5.41, 5.74) is -0.480. The first-order chi connectivity index (χ1) is 8.86. The monoisotopic (exact) mass is 275 g/mol. The van der Waals surface area contributed by atoms with Crippen LogP contribution in [0.5, 0.6) is 0 Å². The molecule has 1 atom stereocenters. The number of carbonyl (C=O) groups excluding carboxylic acids is 1. The molecule has 1 aromatic rings. The molecule has 0 aromatic heterocycles. The van der Waals surface area contributed by atoms with Crippen LogP contribution < -0.4 is 5.32 Å². The normalized spacial score (nSPS) is 13.1. The molecule has 1 amide bonds. The lowest BCUT2D eigenvalue weighted by atomic mass is 10.1. The van der Waals surface area contributed by atoms with Gasteiger partial charge in [-0.3, -0.25) is 4.79 Å². The van der Waals surface area contributed by atoms with Gasteiger partial charge in [0.15, 0.2) is 0 Å². The van der Waals surface area contributed by atoms with Gasteiger partial charge in [0.2, 0.25) is 5.91 Å². The van der Waals surface area contributed by atoms with Gasteiger partial charge in [0.05, 0.1) is 24.6 Å². The maximum absolute atomic E-state index is 12.5. The van der Waals surface area contributed by atoms with Crippen molar-refractivity contribution in [3.05, 3.63) is 35.4 Å². The molecule has 0 heterocycles. The van der Waals surface area contributed by atoms with Crippen molar-refractivity contribution in [1.29, 1.82) is 0 Å². The minimum Gasteiger partial charge on any atom is -0.394 e. The summed E-state index contributed by atoms with van der Waals surface area (Å²) < 4.78 is 37.5. The van der Waals surface area contributed by atoms with Crippen molar-refractivity contribution in [3.63, 3.8) is 0 Å². The molecule has 1 aromatic carbocycles. The highest BCUT2D eigenvalue weighted by atomic mass is 19.4. The zero-order valence-electron chi connectivity index (χ0n) is 10.5. The number of aliphatic hydroxyl groups excluding tert-OH is 1. The third-order valence-electron chi connectivity index (χ3n) is 2.70. The standard InChI is InChI=1S/C13H16F3NO2/c1-2-11(8-18)17-12(19)7-9-4-3-5-10(6-9)13(14,15)16/h3-6,11,18H,2,7-8H2,1H3,(H,17,19)/t11-/m0/s1. The Morgan fingerprint density at radius 2 is 2.11 bits per heavy atom. The van der Waals surface area contributed by atoms with Crippen LogP contribution in [0.4, 0.5) is 13.2 Å². The van der Waals surface area contributed by atoms with Crippen molar-refractivity contribution in [2.75, 3.05) is 6.61 Å². The Kier molecular flexibility index (Phi) is 5.35. The first kappa shape index (κ1) is 15.5. The van der Waals surface area contributed by atoms with Crippen molar-refractivity contribution in [2.24, 2.45) is 0 Å². The van der Waals surface area contributed by atoms with Crippen molar-refractivity contribution in [1.82, 2.24) is 5.32 Å². The molecule has 0 aliphatic heterocycles. The average molecular weight is 275 g/mol. The molecule has 19 heavy (non-hydrogen) atoms. The number of halogens is 3. The van der Waals surface area contributed by atoms with Gasteiger partial charge in [0.1, 0.15) is 0 Å². The van der Waals surface area contributed by atoms with E-state index in [4.69, 9.17) is 5.11 Å². The van der Waals surface area contributed by atoms with Crippen LogP contribution in [-0.2, 0) is 17.4 Å². The second kappa shape index (κ2) is 6.56. The third-order valence-corrected chi connectivity index (χ3v) is 2.70. The average Bonchev–Trinajstić information content (AvgIpc) is 2.35. The molecule has 0 saturated carbocycles. The second-order valence-electron chi connectivity index (χ2n) is 4.23. The Labute approximate surface area is 109 Å². The van der Waals surface area contributed by atoms with Gasteiger partial charge in [-0.25, -0.2) is 0 Å². The van der Waals surface area contributed by atoms with E-state index in [1.165, 1.54) is 12.1 Å². The summed E-state index contributed by atoms with van der Waals surface area (Å²) in [7, 11) is 0. The first-order valence-corrected chi connectivity index (χ1v) is 5.93. The zero-order valence-corrected chi connectivity index (χ0v) is 10.5.